The van der Waals surface area contributed by atoms with E-state index in [1.807, 2.05) is 19.9 Å². The van der Waals surface area contributed by atoms with Crippen LogP contribution in [-0.4, -0.2) is 36.7 Å². The van der Waals surface area contributed by atoms with Crippen molar-refractivity contribution < 1.29 is 28.3 Å². The Kier molecular flexibility index (Phi) is 6.53. The van der Waals surface area contributed by atoms with Crippen molar-refractivity contribution in [3.63, 3.8) is 0 Å². The van der Waals surface area contributed by atoms with Crippen molar-refractivity contribution in [1.82, 2.24) is 5.16 Å². The van der Waals surface area contributed by atoms with E-state index in [2.05, 4.69) is 5.16 Å². The van der Waals surface area contributed by atoms with E-state index in [1.54, 1.807) is 49.6 Å². The molecule has 0 aliphatic carbocycles. The normalized spacial score (nSPS) is 15.0. The summed E-state index contributed by atoms with van der Waals surface area (Å²) in [6.45, 7) is 4.02. The van der Waals surface area contributed by atoms with E-state index >= 15 is 0 Å². The number of aryl methyl sites for hydroxylation is 2. The number of aromatic nitrogens is 1. The number of methoxy groups -OCH3 is 1. The second-order valence-corrected chi connectivity index (χ2v) is 7.76. The van der Waals surface area contributed by atoms with Crippen molar-refractivity contribution >= 4 is 23.6 Å². The maximum Gasteiger partial charge on any atom is 0.260 e. The van der Waals surface area contributed by atoms with Crippen LogP contribution < -0.4 is 24.8 Å². The summed E-state index contributed by atoms with van der Waals surface area (Å²) in [6.07, 6.45) is 2.18. The van der Waals surface area contributed by atoms with Crippen LogP contribution in [0.25, 0.3) is 6.08 Å². The molecule has 176 valence electrons. The van der Waals surface area contributed by atoms with Gasteiger partial charge in [0.15, 0.2) is 17.6 Å². The summed E-state index contributed by atoms with van der Waals surface area (Å²) in [4.78, 5) is 26.1. The highest BCUT2D eigenvalue weighted by molar-refractivity contribution is 6.05. The number of carbonyl (C=O) groups excluding carboxylic acids is 2. The van der Waals surface area contributed by atoms with Crippen LogP contribution in [-0.2, 0) is 16.2 Å². The molecule has 0 spiro atoms. The van der Waals surface area contributed by atoms with Crippen LogP contribution in [0.15, 0.2) is 53.1 Å². The zero-order valence-electron chi connectivity index (χ0n) is 19.1. The highest BCUT2D eigenvalue weighted by Crippen LogP contribution is 2.34. The maximum atomic E-state index is 13.0. The third-order valence-electron chi connectivity index (χ3n) is 5.52. The van der Waals surface area contributed by atoms with E-state index < -0.39 is 12.0 Å². The number of carbonyl (C=O) groups is 2. The van der Waals surface area contributed by atoms with Crippen molar-refractivity contribution in [2.75, 3.05) is 18.6 Å². The van der Waals surface area contributed by atoms with Gasteiger partial charge in [-0.05, 0) is 49.8 Å². The number of hydrogen-bond donors (Lipinski definition) is 1. The summed E-state index contributed by atoms with van der Waals surface area (Å²) in [5, 5.41) is 3.93. The second kappa shape index (κ2) is 9.70. The van der Waals surface area contributed by atoms with E-state index in [1.165, 1.54) is 11.0 Å². The fraction of sp³-hybridized carbons (Fsp3) is 0.240. The number of amides is 2. The first kappa shape index (κ1) is 22.9. The molecule has 0 bridgehead atoms. The van der Waals surface area contributed by atoms with Gasteiger partial charge in [-0.15, -0.1) is 0 Å². The molecule has 1 aliphatic rings. The lowest BCUT2D eigenvalue weighted by atomic mass is 10.1. The van der Waals surface area contributed by atoms with Crippen LogP contribution in [0.1, 0.15) is 22.6 Å². The van der Waals surface area contributed by atoms with Crippen LogP contribution in [0.3, 0.4) is 0 Å². The number of nitrogens with two attached hydrogens (primary N) is 1. The smallest absolute Gasteiger partial charge is 0.260 e. The first-order valence-corrected chi connectivity index (χ1v) is 10.6. The van der Waals surface area contributed by atoms with E-state index in [-0.39, 0.29) is 12.5 Å². The summed E-state index contributed by atoms with van der Waals surface area (Å²) in [7, 11) is 1.55. The fourth-order valence-corrected chi connectivity index (χ4v) is 3.61. The maximum absolute atomic E-state index is 13.0. The summed E-state index contributed by atoms with van der Waals surface area (Å²) in [6, 6.07) is 12.4. The molecule has 34 heavy (non-hydrogen) atoms. The molecule has 2 amide bonds. The van der Waals surface area contributed by atoms with Gasteiger partial charge in [-0.2, -0.15) is 0 Å². The van der Waals surface area contributed by atoms with Crippen LogP contribution in [0.5, 0.6) is 17.2 Å². The number of nitrogens with zero attached hydrogens (tertiary/aromatic N) is 2. The van der Waals surface area contributed by atoms with E-state index in [4.69, 9.17) is 24.5 Å². The van der Waals surface area contributed by atoms with E-state index in [0.717, 1.165) is 16.8 Å². The molecule has 0 fully saturated rings. The topological polar surface area (TPSA) is 117 Å². The molecule has 9 nitrogen and oxygen atoms in total. The first-order valence-electron chi connectivity index (χ1n) is 10.6. The molecule has 9 heteroatoms. The molecule has 0 saturated carbocycles. The predicted octanol–water partition coefficient (Wildman–Crippen LogP) is 3.17. The summed E-state index contributed by atoms with van der Waals surface area (Å²) in [5.74, 6) is 1.27. The summed E-state index contributed by atoms with van der Waals surface area (Å²) >= 11 is 0. The lowest BCUT2D eigenvalue weighted by Gasteiger charge is -2.32. The Morgan fingerprint density at radius 1 is 1.21 bits per heavy atom. The van der Waals surface area contributed by atoms with Crippen LogP contribution in [0.2, 0.25) is 0 Å². The minimum absolute atomic E-state index is 0.0350. The SMILES string of the molecule is COc1cc(C=CC(=O)N2CC(C(N)=O)Oc3ccccc32)ccc1OCc1c(C)noc1C. The molecule has 1 unspecified atom stereocenters. The molecular formula is C25H25N3O6. The average Bonchev–Trinajstić information content (AvgIpc) is 3.17. The molecule has 4 rings (SSSR count). The molecule has 1 aromatic heterocycles. The molecule has 0 saturated heterocycles. The van der Waals surface area contributed by atoms with Crippen molar-refractivity contribution in [2.45, 2.75) is 26.6 Å². The number of rotatable bonds is 7. The summed E-state index contributed by atoms with van der Waals surface area (Å²) in [5.41, 5.74) is 8.39. The molecular weight excluding hydrogens is 438 g/mol. The molecule has 1 aliphatic heterocycles. The van der Waals surface area contributed by atoms with Crippen LogP contribution in [0.4, 0.5) is 5.69 Å². The van der Waals surface area contributed by atoms with Crippen molar-refractivity contribution in [3.05, 3.63) is 71.1 Å². The number of primary amides is 1. The van der Waals surface area contributed by atoms with Gasteiger partial charge >= 0.3 is 0 Å². The zero-order valence-corrected chi connectivity index (χ0v) is 19.1. The standard InChI is InChI=1S/C25H25N3O6/c1-15-18(16(2)34-27-15)14-32-21-10-8-17(12-22(21)31-3)9-11-24(29)28-13-23(25(26)30)33-20-7-5-4-6-19(20)28/h4-12,23H,13-14H2,1-3H3,(H2,26,30). The molecule has 1 atom stereocenters. The molecule has 2 heterocycles. The first-order chi connectivity index (χ1) is 16.4. The number of anilines is 1. The van der Waals surface area contributed by atoms with Gasteiger partial charge in [0.1, 0.15) is 18.1 Å². The van der Waals surface area contributed by atoms with E-state index in [9.17, 15) is 9.59 Å². The zero-order chi connectivity index (χ0) is 24.2. The quantitative estimate of drug-likeness (QED) is 0.535. The Bertz CT molecular complexity index is 1230. The van der Waals surface area contributed by atoms with Gasteiger partial charge in [-0.3, -0.25) is 9.59 Å². The van der Waals surface area contributed by atoms with Gasteiger partial charge in [0.2, 0.25) is 0 Å². The molecule has 2 aromatic carbocycles. The minimum atomic E-state index is -0.915. The molecule has 0 radical (unpaired) electrons. The highest BCUT2D eigenvalue weighted by atomic mass is 16.5. The second-order valence-electron chi connectivity index (χ2n) is 7.76. The molecule has 3 aromatic rings. The Morgan fingerprint density at radius 3 is 2.71 bits per heavy atom. The number of benzene rings is 2. The monoisotopic (exact) mass is 463 g/mol. The predicted molar refractivity (Wildman–Crippen MR) is 125 cm³/mol. The van der Waals surface area contributed by atoms with Gasteiger partial charge in [-0.1, -0.05) is 23.4 Å². The largest absolute Gasteiger partial charge is 0.493 e. The highest BCUT2D eigenvalue weighted by Gasteiger charge is 2.31. The van der Waals surface area contributed by atoms with Crippen molar-refractivity contribution in [1.29, 1.82) is 0 Å². The minimum Gasteiger partial charge on any atom is -0.493 e. The average molecular weight is 463 g/mol. The third kappa shape index (κ3) is 4.73. The summed E-state index contributed by atoms with van der Waals surface area (Å²) < 4.78 is 22.1. The Morgan fingerprint density at radius 2 is 2.00 bits per heavy atom. The van der Waals surface area contributed by atoms with Crippen LogP contribution in [0, 0.1) is 13.8 Å². The third-order valence-corrected chi connectivity index (χ3v) is 5.52. The number of fused-ring (bicyclic) bond motifs is 1. The fourth-order valence-electron chi connectivity index (χ4n) is 3.61. The van der Waals surface area contributed by atoms with Gasteiger partial charge in [0, 0.05) is 6.08 Å². The Balaban J connectivity index is 1.50. The van der Waals surface area contributed by atoms with Gasteiger partial charge in [-0.25, -0.2) is 0 Å². The number of ether oxygens (including phenoxy) is 3. The van der Waals surface area contributed by atoms with Crippen molar-refractivity contribution in [2.24, 2.45) is 5.73 Å². The van der Waals surface area contributed by atoms with Gasteiger partial charge in [0.05, 0.1) is 30.6 Å². The Labute approximate surface area is 196 Å². The Hall–Kier alpha value is -4.27. The van der Waals surface area contributed by atoms with Crippen molar-refractivity contribution in [3.8, 4) is 17.2 Å². The lowest BCUT2D eigenvalue weighted by Crippen LogP contribution is -2.49. The van der Waals surface area contributed by atoms with Gasteiger partial charge in [0.25, 0.3) is 11.8 Å². The van der Waals surface area contributed by atoms with E-state index in [0.29, 0.717) is 35.3 Å². The van der Waals surface area contributed by atoms with Crippen LogP contribution >= 0.6 is 0 Å². The molecule has 2 N–H and O–H groups in total. The van der Waals surface area contributed by atoms with Gasteiger partial charge < -0.3 is 29.4 Å². The number of hydrogen-bond acceptors (Lipinski definition) is 7. The number of para-hydroxylation sites is 2. The lowest BCUT2D eigenvalue weighted by molar-refractivity contribution is -0.125.